The van der Waals surface area contributed by atoms with Crippen LogP contribution in [0.15, 0.2) is 0 Å². The highest BCUT2D eigenvalue weighted by Gasteiger charge is 2.39. The van der Waals surface area contributed by atoms with Crippen LogP contribution in [-0.2, 0) is 0 Å². The number of carbonyl (C=O) groups is 1. The second-order valence-electron chi connectivity index (χ2n) is 7.08. The lowest BCUT2D eigenvalue weighted by molar-refractivity contribution is 0.0509. The first-order chi connectivity index (χ1) is 9.67. The first-order valence-corrected chi connectivity index (χ1v) is 8.46. The first kappa shape index (κ1) is 14.2. The van der Waals surface area contributed by atoms with Crippen molar-refractivity contribution in [3.63, 3.8) is 0 Å². The van der Waals surface area contributed by atoms with Gasteiger partial charge in [0.25, 0.3) is 0 Å². The molecule has 114 valence electrons. The molecule has 5 atom stereocenters. The van der Waals surface area contributed by atoms with Gasteiger partial charge in [-0.05, 0) is 51.5 Å². The van der Waals surface area contributed by atoms with Crippen LogP contribution in [0.25, 0.3) is 0 Å². The summed E-state index contributed by atoms with van der Waals surface area (Å²) in [6, 6.07) is 2.26. The molecule has 2 heterocycles. The predicted molar refractivity (Wildman–Crippen MR) is 80.7 cm³/mol. The average Bonchev–Trinajstić information content (AvgIpc) is 3.09. The van der Waals surface area contributed by atoms with Crippen LogP contribution in [0.2, 0.25) is 0 Å². The number of carbonyl (C=O) groups excluding carboxylic acids is 1. The predicted octanol–water partition coefficient (Wildman–Crippen LogP) is 2.49. The molecule has 3 aliphatic rings. The molecule has 3 fully saturated rings. The number of rotatable bonds is 4. The minimum atomic E-state index is 0.0706. The smallest absolute Gasteiger partial charge is 0.315 e. The Morgan fingerprint density at radius 1 is 1.15 bits per heavy atom. The summed E-state index contributed by atoms with van der Waals surface area (Å²) in [4.78, 5) is 14.6. The van der Waals surface area contributed by atoms with Crippen molar-refractivity contribution in [2.45, 2.75) is 82.5 Å². The SMILES string of the molecule is CCC[C@@H]1C[C@H]1NC(=O)NC1C[C@H]2CCC[C@@H](C1)N2C. The van der Waals surface area contributed by atoms with Crippen LogP contribution < -0.4 is 10.6 Å². The van der Waals surface area contributed by atoms with Gasteiger partial charge in [0.2, 0.25) is 0 Å². The molecular weight excluding hydrogens is 250 g/mol. The van der Waals surface area contributed by atoms with E-state index < -0.39 is 0 Å². The van der Waals surface area contributed by atoms with Crippen LogP contribution in [0.3, 0.4) is 0 Å². The van der Waals surface area contributed by atoms with E-state index in [4.69, 9.17) is 0 Å². The van der Waals surface area contributed by atoms with Crippen LogP contribution in [0, 0.1) is 5.92 Å². The minimum absolute atomic E-state index is 0.0706. The molecule has 2 bridgehead atoms. The van der Waals surface area contributed by atoms with Crippen molar-refractivity contribution in [3.05, 3.63) is 0 Å². The van der Waals surface area contributed by atoms with Crippen molar-refractivity contribution < 1.29 is 4.79 Å². The van der Waals surface area contributed by atoms with Gasteiger partial charge < -0.3 is 15.5 Å². The molecular formula is C16H29N3O. The summed E-state index contributed by atoms with van der Waals surface area (Å²) >= 11 is 0. The van der Waals surface area contributed by atoms with E-state index in [-0.39, 0.29) is 6.03 Å². The van der Waals surface area contributed by atoms with E-state index in [2.05, 4.69) is 29.5 Å². The average molecular weight is 279 g/mol. The second-order valence-corrected chi connectivity index (χ2v) is 7.08. The minimum Gasteiger partial charge on any atom is -0.335 e. The highest BCUT2D eigenvalue weighted by atomic mass is 16.2. The third kappa shape index (κ3) is 3.11. The van der Waals surface area contributed by atoms with Crippen LogP contribution in [-0.4, -0.2) is 42.1 Å². The van der Waals surface area contributed by atoms with Gasteiger partial charge in [-0.15, -0.1) is 0 Å². The summed E-state index contributed by atoms with van der Waals surface area (Å²) in [6.07, 6.45) is 9.88. The van der Waals surface area contributed by atoms with Crippen molar-refractivity contribution in [2.75, 3.05) is 7.05 Å². The van der Waals surface area contributed by atoms with Gasteiger partial charge in [-0.1, -0.05) is 19.8 Å². The molecule has 3 rings (SSSR count). The van der Waals surface area contributed by atoms with E-state index in [0.29, 0.717) is 24.2 Å². The van der Waals surface area contributed by atoms with Gasteiger partial charge in [0.15, 0.2) is 0 Å². The molecule has 0 aromatic heterocycles. The Bertz CT molecular complexity index is 346. The van der Waals surface area contributed by atoms with Gasteiger partial charge in [0.1, 0.15) is 0 Å². The van der Waals surface area contributed by atoms with Crippen molar-refractivity contribution in [3.8, 4) is 0 Å². The number of urea groups is 1. The van der Waals surface area contributed by atoms with Crippen molar-refractivity contribution in [1.29, 1.82) is 0 Å². The largest absolute Gasteiger partial charge is 0.335 e. The molecule has 0 radical (unpaired) electrons. The molecule has 20 heavy (non-hydrogen) atoms. The Balaban J connectivity index is 1.43. The summed E-state index contributed by atoms with van der Waals surface area (Å²) < 4.78 is 0. The maximum atomic E-state index is 12.1. The third-order valence-electron chi connectivity index (χ3n) is 5.57. The zero-order valence-electron chi connectivity index (χ0n) is 12.9. The summed E-state index contributed by atoms with van der Waals surface area (Å²) in [6.45, 7) is 2.22. The quantitative estimate of drug-likeness (QED) is 0.830. The Labute approximate surface area is 122 Å². The van der Waals surface area contributed by atoms with Gasteiger partial charge in [0.05, 0.1) is 0 Å². The van der Waals surface area contributed by atoms with Crippen LogP contribution >= 0.6 is 0 Å². The second kappa shape index (κ2) is 5.92. The summed E-state index contributed by atoms with van der Waals surface area (Å²) in [5.74, 6) is 0.739. The number of piperidine rings is 2. The molecule has 4 nitrogen and oxygen atoms in total. The van der Waals surface area contributed by atoms with E-state index >= 15 is 0 Å². The van der Waals surface area contributed by atoms with Crippen molar-refractivity contribution in [1.82, 2.24) is 15.5 Å². The lowest BCUT2D eigenvalue weighted by Crippen LogP contribution is -2.56. The highest BCUT2D eigenvalue weighted by molar-refractivity contribution is 5.75. The van der Waals surface area contributed by atoms with Crippen LogP contribution in [0.5, 0.6) is 0 Å². The van der Waals surface area contributed by atoms with E-state index in [0.717, 1.165) is 18.8 Å². The van der Waals surface area contributed by atoms with E-state index in [1.54, 1.807) is 0 Å². The van der Waals surface area contributed by atoms with Gasteiger partial charge in [-0.2, -0.15) is 0 Å². The van der Waals surface area contributed by atoms with Crippen molar-refractivity contribution in [2.24, 2.45) is 5.92 Å². The van der Waals surface area contributed by atoms with Crippen LogP contribution in [0.4, 0.5) is 4.79 Å². The zero-order chi connectivity index (χ0) is 14.1. The number of amides is 2. The monoisotopic (exact) mass is 279 g/mol. The summed E-state index contributed by atoms with van der Waals surface area (Å²) in [5, 5.41) is 6.37. The molecule has 2 N–H and O–H groups in total. The lowest BCUT2D eigenvalue weighted by atomic mass is 9.82. The Morgan fingerprint density at radius 2 is 1.85 bits per heavy atom. The molecule has 1 saturated carbocycles. The molecule has 0 aromatic carbocycles. The number of hydrogen-bond acceptors (Lipinski definition) is 2. The molecule has 2 amide bonds. The van der Waals surface area contributed by atoms with E-state index in [1.165, 1.54) is 38.5 Å². The molecule has 0 aromatic rings. The Kier molecular flexibility index (Phi) is 4.20. The van der Waals surface area contributed by atoms with Gasteiger partial charge >= 0.3 is 6.03 Å². The molecule has 4 heteroatoms. The third-order valence-corrected chi connectivity index (χ3v) is 5.57. The zero-order valence-corrected chi connectivity index (χ0v) is 12.9. The van der Waals surface area contributed by atoms with Crippen LogP contribution in [0.1, 0.15) is 58.3 Å². The Hall–Kier alpha value is -0.770. The number of nitrogens with one attached hydrogen (secondary N) is 2. The van der Waals surface area contributed by atoms with E-state index in [1.807, 2.05) is 0 Å². The highest BCUT2D eigenvalue weighted by Crippen LogP contribution is 2.35. The van der Waals surface area contributed by atoms with Gasteiger partial charge in [0, 0.05) is 24.2 Å². The van der Waals surface area contributed by atoms with Crippen molar-refractivity contribution >= 4 is 6.03 Å². The standard InChI is InChI=1S/C16H29N3O/c1-3-5-11-8-15(11)18-16(20)17-12-9-13-6-4-7-14(10-12)19(13)2/h11-15H,3-10H2,1-2H3,(H2,17,18,20)/t11-,12?,13-,14+,15-/m1/s1. The summed E-state index contributed by atoms with van der Waals surface area (Å²) in [5.41, 5.74) is 0. The fourth-order valence-electron chi connectivity index (χ4n) is 4.24. The maximum Gasteiger partial charge on any atom is 0.315 e. The lowest BCUT2D eigenvalue weighted by Gasteiger charge is -2.47. The normalized spacial score (nSPS) is 40.2. The van der Waals surface area contributed by atoms with E-state index in [9.17, 15) is 4.79 Å². The molecule has 0 spiro atoms. The fourth-order valence-corrected chi connectivity index (χ4v) is 4.24. The molecule has 2 aliphatic heterocycles. The topological polar surface area (TPSA) is 44.4 Å². The number of fused-ring (bicyclic) bond motifs is 2. The molecule has 2 saturated heterocycles. The van der Waals surface area contributed by atoms with Gasteiger partial charge in [-0.25, -0.2) is 4.79 Å². The van der Waals surface area contributed by atoms with Gasteiger partial charge in [-0.3, -0.25) is 0 Å². The number of hydrogen-bond donors (Lipinski definition) is 2. The first-order valence-electron chi connectivity index (χ1n) is 8.46. The summed E-state index contributed by atoms with van der Waals surface area (Å²) in [7, 11) is 2.25. The molecule has 1 unspecified atom stereocenters. The fraction of sp³-hybridized carbons (Fsp3) is 0.938. The Morgan fingerprint density at radius 3 is 2.50 bits per heavy atom. The molecule has 1 aliphatic carbocycles. The maximum absolute atomic E-state index is 12.1. The number of nitrogens with zero attached hydrogens (tertiary/aromatic N) is 1.